The summed E-state index contributed by atoms with van der Waals surface area (Å²) in [6.07, 6.45) is 6.27. The number of hydrogen-bond donors (Lipinski definition) is 2. The van der Waals surface area contributed by atoms with Gasteiger partial charge in [-0.3, -0.25) is 9.78 Å². The van der Waals surface area contributed by atoms with Gasteiger partial charge in [-0.2, -0.15) is 0 Å². The smallest absolute Gasteiger partial charge is 0.273 e. The Morgan fingerprint density at radius 2 is 2.22 bits per heavy atom. The lowest BCUT2D eigenvalue weighted by atomic mass is 10.2. The van der Waals surface area contributed by atoms with Gasteiger partial charge in [-0.05, 0) is 18.6 Å². The lowest BCUT2D eigenvalue weighted by Crippen LogP contribution is -2.26. The van der Waals surface area contributed by atoms with Crippen LogP contribution in [0.5, 0.6) is 0 Å². The molecule has 0 bridgehead atoms. The summed E-state index contributed by atoms with van der Waals surface area (Å²) in [5, 5.41) is 2.74. The molecule has 0 aliphatic carbocycles. The van der Waals surface area contributed by atoms with E-state index in [0.717, 1.165) is 5.56 Å². The van der Waals surface area contributed by atoms with E-state index in [9.17, 15) is 4.79 Å². The van der Waals surface area contributed by atoms with Crippen LogP contribution in [0.4, 0.5) is 5.82 Å². The maximum absolute atomic E-state index is 12.2. The molecular weight excluding hydrogens is 296 g/mol. The van der Waals surface area contributed by atoms with E-state index in [0.29, 0.717) is 23.8 Å². The standard InChI is InChI=1S/C15H14N6O2/c1-9-11(15-18-5-6-23-15)21-13(16)12(20-9)14(22)19-8-10-3-2-4-17-7-10/h2-7H,8H2,1H3,(H2,16,21)(H,19,22). The molecule has 0 unspecified atom stereocenters. The summed E-state index contributed by atoms with van der Waals surface area (Å²) < 4.78 is 5.18. The number of carbonyl (C=O) groups excluding carboxylic acids is 1. The Kier molecular flexibility index (Phi) is 3.96. The van der Waals surface area contributed by atoms with Crippen molar-refractivity contribution in [2.24, 2.45) is 0 Å². The summed E-state index contributed by atoms with van der Waals surface area (Å²) in [7, 11) is 0. The highest BCUT2D eigenvalue weighted by molar-refractivity contribution is 5.96. The van der Waals surface area contributed by atoms with Gasteiger partial charge in [-0.1, -0.05) is 6.07 Å². The largest absolute Gasteiger partial charge is 0.443 e. The molecule has 8 nitrogen and oxygen atoms in total. The number of carbonyl (C=O) groups is 1. The van der Waals surface area contributed by atoms with Crippen molar-refractivity contribution in [3.05, 3.63) is 53.9 Å². The zero-order chi connectivity index (χ0) is 16.2. The number of pyridine rings is 1. The predicted molar refractivity (Wildman–Crippen MR) is 82.1 cm³/mol. The summed E-state index contributed by atoms with van der Waals surface area (Å²) in [5.41, 5.74) is 7.72. The number of oxazole rings is 1. The molecular formula is C15H14N6O2. The molecule has 3 aromatic heterocycles. The van der Waals surface area contributed by atoms with E-state index in [4.69, 9.17) is 10.2 Å². The first kappa shape index (κ1) is 14.6. The minimum absolute atomic E-state index is 0.0208. The van der Waals surface area contributed by atoms with E-state index in [1.54, 1.807) is 25.4 Å². The summed E-state index contributed by atoms with van der Waals surface area (Å²) in [5.74, 6) is -0.0718. The van der Waals surface area contributed by atoms with Crippen LogP contribution in [0.3, 0.4) is 0 Å². The highest BCUT2D eigenvalue weighted by Gasteiger charge is 2.18. The second kappa shape index (κ2) is 6.22. The fraction of sp³-hybridized carbons (Fsp3) is 0.133. The maximum atomic E-state index is 12.2. The predicted octanol–water partition coefficient (Wildman–Crippen LogP) is 1.35. The summed E-state index contributed by atoms with van der Waals surface area (Å²) in [6.45, 7) is 2.04. The molecule has 8 heteroatoms. The van der Waals surface area contributed by atoms with Crippen LogP contribution < -0.4 is 11.1 Å². The Balaban J connectivity index is 1.80. The van der Waals surface area contributed by atoms with Crippen molar-refractivity contribution in [2.75, 3.05) is 5.73 Å². The lowest BCUT2D eigenvalue weighted by Gasteiger charge is -2.09. The van der Waals surface area contributed by atoms with E-state index in [1.807, 2.05) is 6.07 Å². The maximum Gasteiger partial charge on any atom is 0.273 e. The van der Waals surface area contributed by atoms with E-state index < -0.39 is 5.91 Å². The molecule has 3 rings (SSSR count). The van der Waals surface area contributed by atoms with Gasteiger partial charge in [0.05, 0.1) is 11.9 Å². The second-order valence-electron chi connectivity index (χ2n) is 4.77. The fourth-order valence-corrected chi connectivity index (χ4v) is 2.01. The van der Waals surface area contributed by atoms with E-state index in [2.05, 4.69) is 25.3 Å². The van der Waals surface area contributed by atoms with Crippen molar-refractivity contribution < 1.29 is 9.21 Å². The third kappa shape index (κ3) is 3.15. The molecule has 0 atom stereocenters. The highest BCUT2D eigenvalue weighted by Crippen LogP contribution is 2.20. The molecule has 116 valence electrons. The molecule has 0 spiro atoms. The molecule has 3 heterocycles. The van der Waals surface area contributed by atoms with Crippen molar-refractivity contribution in [3.63, 3.8) is 0 Å². The number of nitrogens with two attached hydrogens (primary N) is 1. The lowest BCUT2D eigenvalue weighted by molar-refractivity contribution is 0.0946. The van der Waals surface area contributed by atoms with Crippen molar-refractivity contribution in [3.8, 4) is 11.6 Å². The Hall–Kier alpha value is -3.29. The Morgan fingerprint density at radius 3 is 2.91 bits per heavy atom. The zero-order valence-electron chi connectivity index (χ0n) is 12.4. The van der Waals surface area contributed by atoms with Crippen LogP contribution in [-0.2, 0) is 6.54 Å². The van der Waals surface area contributed by atoms with Gasteiger partial charge in [0.25, 0.3) is 5.91 Å². The van der Waals surface area contributed by atoms with Crippen LogP contribution in [0, 0.1) is 6.92 Å². The Morgan fingerprint density at radius 1 is 1.35 bits per heavy atom. The number of aryl methyl sites for hydroxylation is 1. The van der Waals surface area contributed by atoms with Gasteiger partial charge in [0.2, 0.25) is 5.89 Å². The monoisotopic (exact) mass is 310 g/mol. The van der Waals surface area contributed by atoms with Gasteiger partial charge in [0.1, 0.15) is 12.0 Å². The van der Waals surface area contributed by atoms with Crippen LogP contribution in [0.2, 0.25) is 0 Å². The number of anilines is 1. The molecule has 1 amide bonds. The normalized spacial score (nSPS) is 10.5. The molecule has 0 fully saturated rings. The summed E-state index contributed by atoms with van der Waals surface area (Å²) in [4.78, 5) is 28.6. The SMILES string of the molecule is Cc1nc(C(=O)NCc2cccnc2)c(N)nc1-c1ncco1. The number of hydrogen-bond acceptors (Lipinski definition) is 7. The Bertz CT molecular complexity index is 817. The van der Waals surface area contributed by atoms with Crippen LogP contribution in [0.1, 0.15) is 21.7 Å². The van der Waals surface area contributed by atoms with Gasteiger partial charge >= 0.3 is 0 Å². The van der Waals surface area contributed by atoms with Gasteiger partial charge in [-0.15, -0.1) is 0 Å². The minimum atomic E-state index is -0.402. The van der Waals surface area contributed by atoms with Crippen molar-refractivity contribution in [2.45, 2.75) is 13.5 Å². The molecule has 0 radical (unpaired) electrons. The van der Waals surface area contributed by atoms with Crippen molar-refractivity contribution in [1.29, 1.82) is 0 Å². The average Bonchev–Trinajstić information content (AvgIpc) is 3.09. The van der Waals surface area contributed by atoms with Gasteiger partial charge in [-0.25, -0.2) is 15.0 Å². The van der Waals surface area contributed by atoms with Gasteiger partial charge in [0, 0.05) is 18.9 Å². The third-order valence-corrected chi connectivity index (χ3v) is 3.12. The topological polar surface area (TPSA) is 120 Å². The van der Waals surface area contributed by atoms with Gasteiger partial charge in [0.15, 0.2) is 11.5 Å². The Labute approximate surface area is 131 Å². The number of nitrogens with zero attached hydrogens (tertiary/aromatic N) is 4. The quantitative estimate of drug-likeness (QED) is 0.746. The van der Waals surface area contributed by atoms with E-state index in [-0.39, 0.29) is 11.5 Å². The molecule has 23 heavy (non-hydrogen) atoms. The van der Waals surface area contributed by atoms with Crippen LogP contribution in [-0.4, -0.2) is 25.8 Å². The average molecular weight is 310 g/mol. The number of nitrogen functional groups attached to an aromatic ring is 1. The number of nitrogens with one attached hydrogen (secondary N) is 1. The third-order valence-electron chi connectivity index (χ3n) is 3.12. The van der Waals surface area contributed by atoms with Crippen molar-refractivity contribution >= 4 is 11.7 Å². The van der Waals surface area contributed by atoms with Crippen LogP contribution >= 0.6 is 0 Å². The molecule has 3 N–H and O–H groups in total. The molecule has 0 aliphatic heterocycles. The van der Waals surface area contributed by atoms with Gasteiger partial charge < -0.3 is 15.5 Å². The number of rotatable bonds is 4. The molecule has 0 saturated carbocycles. The molecule has 0 saturated heterocycles. The molecule has 0 aromatic carbocycles. The molecule has 3 aromatic rings. The van der Waals surface area contributed by atoms with Crippen LogP contribution in [0.15, 0.2) is 41.4 Å². The zero-order valence-corrected chi connectivity index (χ0v) is 12.4. The van der Waals surface area contributed by atoms with E-state index in [1.165, 1.54) is 12.5 Å². The second-order valence-corrected chi connectivity index (χ2v) is 4.77. The minimum Gasteiger partial charge on any atom is -0.443 e. The number of amides is 1. The first-order valence-corrected chi connectivity index (χ1v) is 6.86. The van der Waals surface area contributed by atoms with E-state index >= 15 is 0 Å². The summed E-state index contributed by atoms with van der Waals surface area (Å²) >= 11 is 0. The summed E-state index contributed by atoms with van der Waals surface area (Å²) in [6, 6.07) is 3.66. The van der Waals surface area contributed by atoms with Crippen molar-refractivity contribution in [1.82, 2.24) is 25.3 Å². The fourth-order valence-electron chi connectivity index (χ4n) is 2.01. The first-order chi connectivity index (χ1) is 11.1. The number of aromatic nitrogens is 4. The first-order valence-electron chi connectivity index (χ1n) is 6.86. The molecule has 0 aliphatic rings. The van der Waals surface area contributed by atoms with Crippen LogP contribution in [0.25, 0.3) is 11.6 Å². The highest BCUT2D eigenvalue weighted by atomic mass is 16.3.